The van der Waals surface area contributed by atoms with Gasteiger partial charge in [0.25, 0.3) is 0 Å². The number of benzene rings is 1. The molecule has 0 saturated carbocycles. The van der Waals surface area contributed by atoms with Crippen molar-refractivity contribution in [3.63, 3.8) is 0 Å². The van der Waals surface area contributed by atoms with Crippen LogP contribution in [0, 0.1) is 0 Å². The first-order valence-corrected chi connectivity index (χ1v) is 5.49. The number of nitrogens with one attached hydrogen (secondary N) is 1. The third kappa shape index (κ3) is 2.11. The summed E-state index contributed by atoms with van der Waals surface area (Å²) in [5.41, 5.74) is 1.60. The molecule has 1 aromatic carbocycles. The summed E-state index contributed by atoms with van der Waals surface area (Å²) in [6, 6.07) is 5.64. The summed E-state index contributed by atoms with van der Waals surface area (Å²) in [5, 5.41) is 0.964. The molecule has 1 N–H and O–H groups in total. The highest BCUT2D eigenvalue weighted by molar-refractivity contribution is 5.89. The first kappa shape index (κ1) is 12.3. The van der Waals surface area contributed by atoms with Crippen molar-refractivity contribution in [2.24, 2.45) is 0 Å². The smallest absolute Gasteiger partial charge is 0.311 e. The van der Waals surface area contributed by atoms with Crippen LogP contribution in [0.15, 0.2) is 18.2 Å². The van der Waals surface area contributed by atoms with Crippen LogP contribution in [0.5, 0.6) is 11.5 Å². The molecule has 2 aromatic rings. The average molecular weight is 249 g/mol. The molecule has 0 aliphatic carbocycles. The first-order valence-electron chi connectivity index (χ1n) is 5.49. The van der Waals surface area contributed by atoms with Crippen LogP contribution >= 0.6 is 0 Å². The zero-order valence-electron chi connectivity index (χ0n) is 10.6. The Morgan fingerprint density at radius 2 is 2.00 bits per heavy atom. The molecule has 0 spiro atoms. The minimum Gasteiger partial charge on any atom is -0.493 e. The maximum Gasteiger partial charge on any atom is 0.311 e. The molecule has 0 bridgehead atoms. The van der Waals surface area contributed by atoms with Crippen molar-refractivity contribution < 1.29 is 19.0 Å². The van der Waals surface area contributed by atoms with E-state index in [4.69, 9.17) is 9.47 Å². The van der Waals surface area contributed by atoms with Crippen LogP contribution in [0.4, 0.5) is 0 Å². The Kier molecular flexibility index (Phi) is 3.41. The van der Waals surface area contributed by atoms with Crippen molar-refractivity contribution in [1.82, 2.24) is 4.98 Å². The zero-order chi connectivity index (χ0) is 13.1. The molecule has 1 heterocycles. The fourth-order valence-corrected chi connectivity index (χ4v) is 1.90. The van der Waals surface area contributed by atoms with E-state index in [1.807, 2.05) is 18.2 Å². The van der Waals surface area contributed by atoms with Crippen molar-refractivity contribution in [3.8, 4) is 11.5 Å². The van der Waals surface area contributed by atoms with Gasteiger partial charge in [0, 0.05) is 11.1 Å². The maximum atomic E-state index is 11.2. The second kappa shape index (κ2) is 5.00. The molecule has 5 nitrogen and oxygen atoms in total. The van der Waals surface area contributed by atoms with Crippen LogP contribution in [0.25, 0.3) is 10.9 Å². The molecule has 0 aliphatic heterocycles. The van der Waals surface area contributed by atoms with Crippen LogP contribution < -0.4 is 9.47 Å². The Labute approximate surface area is 105 Å². The molecule has 1 aromatic heterocycles. The highest BCUT2D eigenvalue weighted by Crippen LogP contribution is 2.35. The predicted molar refractivity (Wildman–Crippen MR) is 67.1 cm³/mol. The van der Waals surface area contributed by atoms with Crippen molar-refractivity contribution in [2.75, 3.05) is 21.3 Å². The number of fused-ring (bicyclic) bond motifs is 1. The lowest BCUT2D eigenvalue weighted by atomic mass is 10.2. The molecular weight excluding hydrogens is 234 g/mol. The van der Waals surface area contributed by atoms with Crippen molar-refractivity contribution in [2.45, 2.75) is 6.42 Å². The number of aromatic amines is 1. The van der Waals surface area contributed by atoms with Gasteiger partial charge in [0.1, 0.15) is 0 Å². The number of carbonyl (C=O) groups is 1. The lowest BCUT2D eigenvalue weighted by molar-refractivity contribution is -0.139. The number of hydrogen-bond acceptors (Lipinski definition) is 4. The molecule has 0 aliphatic rings. The van der Waals surface area contributed by atoms with Gasteiger partial charge in [0.05, 0.1) is 33.3 Å². The number of esters is 1. The molecule has 0 amide bonds. The topological polar surface area (TPSA) is 60.6 Å². The van der Waals surface area contributed by atoms with Gasteiger partial charge >= 0.3 is 5.97 Å². The second-order valence-electron chi connectivity index (χ2n) is 3.81. The predicted octanol–water partition coefficient (Wildman–Crippen LogP) is 1.90. The second-order valence-corrected chi connectivity index (χ2v) is 3.81. The first-order chi connectivity index (χ1) is 8.69. The van der Waals surface area contributed by atoms with Crippen molar-refractivity contribution in [3.05, 3.63) is 23.9 Å². The van der Waals surface area contributed by atoms with Gasteiger partial charge in [-0.05, 0) is 18.2 Å². The Balaban J connectivity index is 2.47. The summed E-state index contributed by atoms with van der Waals surface area (Å²) in [5.74, 6) is 0.995. The third-order valence-corrected chi connectivity index (χ3v) is 2.76. The van der Waals surface area contributed by atoms with Crippen LogP contribution in [0.2, 0.25) is 0 Å². The normalized spacial score (nSPS) is 10.4. The van der Waals surface area contributed by atoms with Gasteiger partial charge in [0.15, 0.2) is 11.5 Å². The monoisotopic (exact) mass is 249 g/mol. The number of hydrogen-bond donors (Lipinski definition) is 1. The summed E-state index contributed by atoms with van der Waals surface area (Å²) < 4.78 is 15.2. The molecule has 18 heavy (non-hydrogen) atoms. The average Bonchev–Trinajstić information content (AvgIpc) is 2.79. The van der Waals surface area contributed by atoms with Gasteiger partial charge in [-0.15, -0.1) is 0 Å². The van der Waals surface area contributed by atoms with E-state index in [-0.39, 0.29) is 12.4 Å². The minimum atomic E-state index is -0.285. The zero-order valence-corrected chi connectivity index (χ0v) is 10.6. The summed E-state index contributed by atoms with van der Waals surface area (Å²) in [7, 11) is 4.54. The lowest BCUT2D eigenvalue weighted by Crippen LogP contribution is -2.04. The van der Waals surface area contributed by atoms with Crippen molar-refractivity contribution >= 4 is 16.9 Å². The fourth-order valence-electron chi connectivity index (χ4n) is 1.90. The van der Waals surface area contributed by atoms with E-state index in [0.29, 0.717) is 11.5 Å². The number of methoxy groups -OCH3 is 3. The summed E-state index contributed by atoms with van der Waals surface area (Å²) in [6.07, 6.45) is 0.205. The molecule has 2 rings (SSSR count). The van der Waals surface area contributed by atoms with E-state index in [9.17, 15) is 4.79 Å². The molecule has 0 saturated heterocycles. The van der Waals surface area contributed by atoms with Gasteiger partial charge in [-0.1, -0.05) is 0 Å². The van der Waals surface area contributed by atoms with Crippen molar-refractivity contribution in [1.29, 1.82) is 0 Å². The van der Waals surface area contributed by atoms with E-state index in [0.717, 1.165) is 16.6 Å². The summed E-state index contributed by atoms with van der Waals surface area (Å²) >= 11 is 0. The van der Waals surface area contributed by atoms with Gasteiger partial charge < -0.3 is 19.2 Å². The Bertz CT molecular complexity index is 574. The van der Waals surface area contributed by atoms with Crippen LogP contribution in [-0.4, -0.2) is 32.3 Å². The van der Waals surface area contributed by atoms with E-state index < -0.39 is 0 Å². The van der Waals surface area contributed by atoms with Gasteiger partial charge in [0.2, 0.25) is 0 Å². The van der Waals surface area contributed by atoms with Crippen LogP contribution in [-0.2, 0) is 16.0 Å². The number of ether oxygens (including phenoxy) is 3. The van der Waals surface area contributed by atoms with E-state index in [2.05, 4.69) is 9.72 Å². The van der Waals surface area contributed by atoms with E-state index >= 15 is 0 Å². The number of rotatable bonds is 4. The molecule has 0 fully saturated rings. The standard InChI is InChI=1S/C13H15NO4/c1-16-10-5-4-8-6-9(7-11(15)17-2)14-12(8)13(10)18-3/h4-6,14H,7H2,1-3H3. The Morgan fingerprint density at radius 1 is 1.22 bits per heavy atom. The molecule has 96 valence electrons. The fraction of sp³-hybridized carbons (Fsp3) is 0.308. The Morgan fingerprint density at radius 3 is 2.61 bits per heavy atom. The molecule has 5 heteroatoms. The lowest BCUT2D eigenvalue weighted by Gasteiger charge is -2.07. The van der Waals surface area contributed by atoms with Crippen LogP contribution in [0.1, 0.15) is 5.69 Å². The molecular formula is C13H15NO4. The highest BCUT2D eigenvalue weighted by Gasteiger charge is 2.13. The van der Waals surface area contributed by atoms with Gasteiger partial charge in [-0.2, -0.15) is 0 Å². The highest BCUT2D eigenvalue weighted by atomic mass is 16.5. The molecule has 0 radical (unpaired) electrons. The maximum absolute atomic E-state index is 11.2. The SMILES string of the molecule is COC(=O)Cc1cc2ccc(OC)c(OC)c2[nH]1. The van der Waals surface area contributed by atoms with E-state index in [1.165, 1.54) is 7.11 Å². The van der Waals surface area contributed by atoms with Crippen LogP contribution in [0.3, 0.4) is 0 Å². The quantitative estimate of drug-likeness (QED) is 0.841. The molecule has 0 atom stereocenters. The number of H-pyrrole nitrogens is 1. The molecule has 0 unspecified atom stereocenters. The third-order valence-electron chi connectivity index (χ3n) is 2.76. The largest absolute Gasteiger partial charge is 0.493 e. The minimum absolute atomic E-state index is 0.205. The van der Waals surface area contributed by atoms with Gasteiger partial charge in [-0.25, -0.2) is 0 Å². The summed E-state index contributed by atoms with van der Waals surface area (Å²) in [6.45, 7) is 0. The number of aromatic nitrogens is 1. The van der Waals surface area contributed by atoms with Gasteiger partial charge in [-0.3, -0.25) is 4.79 Å². The summed E-state index contributed by atoms with van der Waals surface area (Å²) in [4.78, 5) is 14.4. The van der Waals surface area contributed by atoms with E-state index in [1.54, 1.807) is 14.2 Å². The Hall–Kier alpha value is -2.17. The number of carbonyl (C=O) groups excluding carboxylic acids is 1.